The topological polar surface area (TPSA) is 127 Å². The number of tetrazole rings is 1. The van der Waals surface area contributed by atoms with E-state index in [1.165, 1.54) is 5.56 Å². The number of carboxylic acid groups (broad SMARTS) is 1. The Morgan fingerprint density at radius 3 is 2.73 bits per heavy atom. The van der Waals surface area contributed by atoms with E-state index in [4.69, 9.17) is 0 Å². The van der Waals surface area contributed by atoms with Crippen LogP contribution in [-0.2, 0) is 17.9 Å². The van der Waals surface area contributed by atoms with Gasteiger partial charge in [-0.25, -0.2) is 0 Å². The number of nitrogens with one attached hydrogen (secondary N) is 2. The maximum atomic E-state index is 11.5. The van der Waals surface area contributed by atoms with Crippen LogP contribution in [0.5, 0.6) is 5.75 Å². The number of aromatic amines is 1. The number of carbonyl (C=O) groups is 1. The van der Waals surface area contributed by atoms with Crippen LogP contribution >= 0.6 is 0 Å². The average molecular weight is 451 g/mol. The van der Waals surface area contributed by atoms with Gasteiger partial charge in [-0.1, -0.05) is 23.4 Å². The lowest BCUT2D eigenvalue weighted by Gasteiger charge is -2.42. The van der Waals surface area contributed by atoms with Gasteiger partial charge in [0.25, 0.3) is 0 Å². The summed E-state index contributed by atoms with van der Waals surface area (Å²) in [5, 5.41) is 39.0. The monoisotopic (exact) mass is 450 g/mol. The van der Waals surface area contributed by atoms with Gasteiger partial charge in [-0.2, -0.15) is 5.21 Å². The fraction of sp³-hybridized carbons (Fsp3) is 0.500. The van der Waals surface area contributed by atoms with Crippen molar-refractivity contribution in [3.63, 3.8) is 0 Å². The largest absolute Gasteiger partial charge is 0.508 e. The predicted molar refractivity (Wildman–Crippen MR) is 122 cm³/mol. The second kappa shape index (κ2) is 9.44. The lowest BCUT2D eigenvalue weighted by atomic mass is 9.69. The summed E-state index contributed by atoms with van der Waals surface area (Å²) in [5.74, 6) is 1.77. The van der Waals surface area contributed by atoms with E-state index in [0.717, 1.165) is 56.1 Å². The minimum Gasteiger partial charge on any atom is -0.508 e. The van der Waals surface area contributed by atoms with Gasteiger partial charge in [0.15, 0.2) is 5.82 Å². The van der Waals surface area contributed by atoms with Crippen LogP contribution in [0, 0.1) is 17.8 Å². The molecule has 33 heavy (non-hydrogen) atoms. The van der Waals surface area contributed by atoms with E-state index >= 15 is 0 Å². The molecule has 5 rings (SSSR count). The van der Waals surface area contributed by atoms with Crippen LogP contribution in [0.3, 0.4) is 0 Å². The number of aromatic nitrogens is 4. The van der Waals surface area contributed by atoms with Crippen LogP contribution in [-0.4, -0.2) is 60.8 Å². The van der Waals surface area contributed by atoms with E-state index in [9.17, 15) is 15.0 Å². The standard InChI is InChI=1S/C24H30N6O3/c31-21-6-5-17-7-15(1-3-18(17)9-21)12-30(14-23-26-28-29-27-23)13-16-2-4-19-11-25-22(24(32)33)10-20(19)8-16/h1,3,5-7,9,16,19-20,22,25,31H,2,4,8,10-14H2,(H,32,33)(H,26,27,28,29)/t16-,19-,20+,22-/m0/s1. The van der Waals surface area contributed by atoms with Gasteiger partial charge in [0.1, 0.15) is 11.8 Å². The summed E-state index contributed by atoms with van der Waals surface area (Å²) in [5.41, 5.74) is 1.19. The van der Waals surface area contributed by atoms with E-state index in [2.05, 4.69) is 43.0 Å². The number of rotatable bonds is 7. The molecule has 1 saturated heterocycles. The molecule has 9 nitrogen and oxygen atoms in total. The third-order valence-electron chi connectivity index (χ3n) is 7.28. The number of piperidine rings is 1. The first-order chi connectivity index (χ1) is 16.0. The Hall–Kier alpha value is -3.04. The molecule has 2 aliphatic rings. The Morgan fingerprint density at radius 1 is 1.06 bits per heavy atom. The summed E-state index contributed by atoms with van der Waals surface area (Å²) in [7, 11) is 0. The zero-order valence-corrected chi connectivity index (χ0v) is 18.5. The molecule has 0 amide bonds. The molecule has 4 atom stereocenters. The van der Waals surface area contributed by atoms with Gasteiger partial charge in [0.2, 0.25) is 0 Å². The van der Waals surface area contributed by atoms with E-state index in [0.29, 0.717) is 30.1 Å². The number of fused-ring (bicyclic) bond motifs is 2. The molecule has 2 heterocycles. The first kappa shape index (κ1) is 21.8. The first-order valence-electron chi connectivity index (χ1n) is 11.7. The number of hydrogen-bond donors (Lipinski definition) is 4. The Morgan fingerprint density at radius 2 is 1.91 bits per heavy atom. The Kier molecular flexibility index (Phi) is 6.24. The quantitative estimate of drug-likeness (QED) is 0.432. The van der Waals surface area contributed by atoms with Gasteiger partial charge in [-0.15, -0.1) is 10.2 Å². The number of carboxylic acids is 1. The van der Waals surface area contributed by atoms with Crippen LogP contribution in [0.4, 0.5) is 0 Å². The fourth-order valence-corrected chi connectivity index (χ4v) is 5.65. The molecule has 2 aromatic carbocycles. The summed E-state index contributed by atoms with van der Waals surface area (Å²) in [6.45, 7) is 3.09. The molecule has 0 radical (unpaired) electrons. The van der Waals surface area contributed by atoms with Gasteiger partial charge in [-0.05, 0) is 84.5 Å². The molecule has 1 aromatic heterocycles. The van der Waals surface area contributed by atoms with Crippen molar-refractivity contribution < 1.29 is 15.0 Å². The molecule has 9 heteroatoms. The molecule has 2 fully saturated rings. The zero-order valence-electron chi connectivity index (χ0n) is 18.5. The molecule has 0 unspecified atom stereocenters. The van der Waals surface area contributed by atoms with Crippen molar-refractivity contribution in [1.29, 1.82) is 0 Å². The minimum atomic E-state index is -0.737. The smallest absolute Gasteiger partial charge is 0.320 e. The maximum Gasteiger partial charge on any atom is 0.320 e. The highest BCUT2D eigenvalue weighted by atomic mass is 16.4. The van der Waals surface area contributed by atoms with Gasteiger partial charge < -0.3 is 15.5 Å². The molecule has 4 N–H and O–H groups in total. The SMILES string of the molecule is O=C(O)[C@@H]1C[C@H]2C[C@@H](CN(Cc3ccc4cc(O)ccc4c3)Cc3nn[nH]n3)CC[C@H]2CN1. The van der Waals surface area contributed by atoms with E-state index in [-0.39, 0.29) is 5.75 Å². The molecule has 3 aromatic rings. The van der Waals surface area contributed by atoms with Gasteiger partial charge in [0.05, 0.1) is 6.54 Å². The van der Waals surface area contributed by atoms with Crippen LogP contribution in [0.15, 0.2) is 36.4 Å². The summed E-state index contributed by atoms with van der Waals surface area (Å²) in [4.78, 5) is 13.8. The van der Waals surface area contributed by atoms with Crippen LogP contribution < -0.4 is 5.32 Å². The third kappa shape index (κ3) is 5.15. The maximum absolute atomic E-state index is 11.5. The summed E-state index contributed by atoms with van der Waals surface area (Å²) >= 11 is 0. The van der Waals surface area contributed by atoms with Gasteiger partial charge in [0, 0.05) is 13.1 Å². The Balaban J connectivity index is 1.29. The van der Waals surface area contributed by atoms with Gasteiger partial charge in [-0.3, -0.25) is 9.69 Å². The van der Waals surface area contributed by atoms with Crippen molar-refractivity contribution in [2.45, 2.75) is 44.8 Å². The normalized spacial score (nSPS) is 25.2. The van der Waals surface area contributed by atoms with Crippen LogP contribution in [0.25, 0.3) is 10.8 Å². The summed E-state index contributed by atoms with van der Waals surface area (Å²) < 4.78 is 0. The molecule has 174 valence electrons. The molecular formula is C24H30N6O3. The number of phenolic OH excluding ortho intramolecular Hbond substituents is 1. The number of hydrogen-bond acceptors (Lipinski definition) is 7. The number of aliphatic carboxylic acids is 1. The molecule has 1 aliphatic heterocycles. The number of nitrogens with zero attached hydrogens (tertiary/aromatic N) is 4. The molecule has 0 spiro atoms. The Bertz CT molecular complexity index is 1100. The summed E-state index contributed by atoms with van der Waals surface area (Å²) in [6, 6.07) is 11.3. The molecule has 1 saturated carbocycles. The number of aromatic hydroxyl groups is 1. The molecule has 0 bridgehead atoms. The minimum absolute atomic E-state index is 0.271. The van der Waals surface area contributed by atoms with Crippen molar-refractivity contribution in [3.8, 4) is 5.75 Å². The average Bonchev–Trinajstić information content (AvgIpc) is 3.31. The molecular weight excluding hydrogens is 420 g/mol. The highest BCUT2D eigenvalue weighted by molar-refractivity contribution is 5.84. The van der Waals surface area contributed by atoms with Crippen LogP contribution in [0.1, 0.15) is 37.1 Å². The van der Waals surface area contributed by atoms with E-state index < -0.39 is 12.0 Å². The van der Waals surface area contributed by atoms with Crippen molar-refractivity contribution >= 4 is 16.7 Å². The van der Waals surface area contributed by atoms with Crippen molar-refractivity contribution in [2.75, 3.05) is 13.1 Å². The zero-order chi connectivity index (χ0) is 22.8. The lowest BCUT2D eigenvalue weighted by molar-refractivity contribution is -0.141. The predicted octanol–water partition coefficient (Wildman–Crippen LogP) is 2.54. The fourth-order valence-electron chi connectivity index (χ4n) is 5.65. The molecule has 1 aliphatic carbocycles. The number of phenols is 1. The van der Waals surface area contributed by atoms with Crippen LogP contribution in [0.2, 0.25) is 0 Å². The summed E-state index contributed by atoms with van der Waals surface area (Å²) in [6.07, 6.45) is 4.08. The third-order valence-corrected chi connectivity index (χ3v) is 7.28. The second-order valence-corrected chi connectivity index (χ2v) is 9.60. The van der Waals surface area contributed by atoms with Crippen molar-refractivity contribution in [1.82, 2.24) is 30.8 Å². The van der Waals surface area contributed by atoms with Crippen molar-refractivity contribution in [2.24, 2.45) is 17.8 Å². The Labute approximate surface area is 192 Å². The van der Waals surface area contributed by atoms with Gasteiger partial charge >= 0.3 is 5.97 Å². The van der Waals surface area contributed by atoms with E-state index in [1.54, 1.807) is 12.1 Å². The number of H-pyrrole nitrogens is 1. The highest BCUT2D eigenvalue weighted by Crippen LogP contribution is 2.39. The van der Waals surface area contributed by atoms with Crippen molar-refractivity contribution in [3.05, 3.63) is 47.8 Å². The highest BCUT2D eigenvalue weighted by Gasteiger charge is 2.38. The second-order valence-electron chi connectivity index (χ2n) is 9.60. The lowest BCUT2D eigenvalue weighted by Crippen LogP contribution is -2.50. The van der Waals surface area contributed by atoms with E-state index in [1.807, 2.05) is 12.1 Å². The first-order valence-corrected chi connectivity index (χ1v) is 11.7. The number of benzene rings is 2.